The molecular weight excluding hydrogens is 448 g/mol. The van der Waals surface area contributed by atoms with Gasteiger partial charge >= 0.3 is 0 Å². The van der Waals surface area contributed by atoms with Crippen LogP contribution in [0.1, 0.15) is 16.7 Å². The Morgan fingerprint density at radius 2 is 1.75 bits per heavy atom. The first-order valence-electron chi connectivity index (χ1n) is 9.95. The van der Waals surface area contributed by atoms with Gasteiger partial charge in [0.15, 0.2) is 0 Å². The summed E-state index contributed by atoms with van der Waals surface area (Å²) in [6.07, 6.45) is 0. The van der Waals surface area contributed by atoms with Crippen LogP contribution in [0.5, 0.6) is 5.75 Å². The number of carbonyl (C=O) groups excluding carboxylic acids is 1. The highest BCUT2D eigenvalue weighted by Crippen LogP contribution is 2.29. The number of benzene rings is 3. The second-order valence-electron chi connectivity index (χ2n) is 7.42. The first kappa shape index (κ1) is 23.8. The largest absolute Gasteiger partial charge is 0.495 e. The lowest BCUT2D eigenvalue weighted by Crippen LogP contribution is -2.37. The van der Waals surface area contributed by atoms with E-state index >= 15 is 0 Å². The zero-order valence-electron chi connectivity index (χ0n) is 18.1. The van der Waals surface area contributed by atoms with E-state index < -0.39 is 15.9 Å². The van der Waals surface area contributed by atoms with E-state index in [1.54, 1.807) is 0 Å². The molecule has 1 amide bonds. The number of methoxy groups -OCH3 is 1. The number of amides is 1. The summed E-state index contributed by atoms with van der Waals surface area (Å²) < 4.78 is 33.1. The molecule has 1 N–H and O–H groups in total. The van der Waals surface area contributed by atoms with Crippen molar-refractivity contribution in [1.82, 2.24) is 4.31 Å². The van der Waals surface area contributed by atoms with Crippen LogP contribution >= 0.6 is 11.6 Å². The van der Waals surface area contributed by atoms with Crippen LogP contribution in [-0.4, -0.2) is 32.3 Å². The number of sulfonamides is 1. The lowest BCUT2D eigenvalue weighted by molar-refractivity contribution is -0.116. The lowest BCUT2D eigenvalue weighted by Gasteiger charge is -2.22. The van der Waals surface area contributed by atoms with Gasteiger partial charge in [-0.05, 0) is 54.8 Å². The number of anilines is 1. The van der Waals surface area contributed by atoms with E-state index in [0.717, 1.165) is 21.0 Å². The fraction of sp³-hybridized carbons (Fsp3) is 0.208. The van der Waals surface area contributed by atoms with Crippen LogP contribution in [0.25, 0.3) is 0 Å². The Morgan fingerprint density at radius 1 is 1.03 bits per heavy atom. The van der Waals surface area contributed by atoms with Gasteiger partial charge in [-0.25, -0.2) is 8.42 Å². The first-order chi connectivity index (χ1) is 15.2. The Morgan fingerprint density at radius 3 is 2.41 bits per heavy atom. The molecule has 0 radical (unpaired) electrons. The lowest BCUT2D eigenvalue weighted by atomic mass is 10.1. The molecule has 0 heterocycles. The van der Waals surface area contributed by atoms with Crippen molar-refractivity contribution in [3.05, 3.63) is 88.4 Å². The Balaban J connectivity index is 1.91. The molecule has 0 saturated heterocycles. The number of halogens is 1. The predicted octanol–water partition coefficient (Wildman–Crippen LogP) is 4.80. The van der Waals surface area contributed by atoms with E-state index in [0.29, 0.717) is 11.4 Å². The summed E-state index contributed by atoms with van der Waals surface area (Å²) in [6.45, 7) is 3.49. The molecule has 0 aliphatic heterocycles. The van der Waals surface area contributed by atoms with Gasteiger partial charge in [-0.2, -0.15) is 4.31 Å². The molecule has 0 aliphatic carbocycles. The van der Waals surface area contributed by atoms with Gasteiger partial charge in [0.25, 0.3) is 0 Å². The van der Waals surface area contributed by atoms with Crippen LogP contribution in [0.15, 0.2) is 71.6 Å². The van der Waals surface area contributed by atoms with E-state index in [2.05, 4.69) is 5.32 Å². The van der Waals surface area contributed by atoms with Gasteiger partial charge in [-0.1, -0.05) is 54.1 Å². The molecule has 0 atom stereocenters. The maximum atomic E-state index is 13.4. The number of aryl methyl sites for hydroxylation is 2. The van der Waals surface area contributed by atoms with Crippen LogP contribution in [0.3, 0.4) is 0 Å². The van der Waals surface area contributed by atoms with Crippen molar-refractivity contribution in [2.24, 2.45) is 0 Å². The van der Waals surface area contributed by atoms with E-state index in [4.69, 9.17) is 16.3 Å². The van der Waals surface area contributed by atoms with Gasteiger partial charge in [0, 0.05) is 12.2 Å². The average Bonchev–Trinajstić information content (AvgIpc) is 2.76. The topological polar surface area (TPSA) is 75.7 Å². The number of carbonyl (C=O) groups is 1. The standard InChI is InChI=1S/C24H25ClN2O4S/c1-17-9-10-18(2)22(13-17)26-24(28)16-27(15-19-7-5-4-6-8-19)32(29,30)20-11-12-23(31-3)21(25)14-20/h4-14H,15-16H2,1-3H3,(H,26,28). The molecule has 0 unspecified atom stereocenters. The highest BCUT2D eigenvalue weighted by Gasteiger charge is 2.28. The van der Waals surface area contributed by atoms with Crippen LogP contribution in [0.2, 0.25) is 5.02 Å². The summed E-state index contributed by atoms with van der Waals surface area (Å²) in [4.78, 5) is 12.8. The molecule has 3 rings (SSSR count). The number of ether oxygens (including phenoxy) is 1. The molecule has 0 aromatic heterocycles. The zero-order chi connectivity index (χ0) is 23.3. The number of rotatable bonds is 8. The number of nitrogens with one attached hydrogen (secondary N) is 1. The summed E-state index contributed by atoms with van der Waals surface area (Å²) in [6, 6.07) is 19.1. The third-order valence-corrected chi connectivity index (χ3v) is 7.03. The highest BCUT2D eigenvalue weighted by molar-refractivity contribution is 7.89. The summed E-state index contributed by atoms with van der Waals surface area (Å²) in [5.74, 6) is -0.0642. The van der Waals surface area contributed by atoms with Crippen molar-refractivity contribution < 1.29 is 17.9 Å². The van der Waals surface area contributed by atoms with Gasteiger partial charge in [0.2, 0.25) is 15.9 Å². The van der Waals surface area contributed by atoms with E-state index in [1.807, 2.05) is 62.4 Å². The summed E-state index contributed by atoms with van der Waals surface area (Å²) in [5, 5.41) is 3.00. The van der Waals surface area contributed by atoms with Crippen molar-refractivity contribution in [1.29, 1.82) is 0 Å². The quantitative estimate of drug-likeness (QED) is 0.511. The molecular formula is C24H25ClN2O4S. The van der Waals surface area contributed by atoms with Gasteiger partial charge < -0.3 is 10.1 Å². The third-order valence-electron chi connectivity index (χ3n) is 4.95. The maximum Gasteiger partial charge on any atom is 0.243 e. The molecule has 0 spiro atoms. The van der Waals surface area contributed by atoms with Crippen LogP contribution in [0.4, 0.5) is 5.69 Å². The molecule has 0 bridgehead atoms. The van der Waals surface area contributed by atoms with Crippen molar-refractivity contribution >= 4 is 33.2 Å². The molecule has 6 nitrogen and oxygen atoms in total. The van der Waals surface area contributed by atoms with Crippen molar-refractivity contribution in [2.75, 3.05) is 19.0 Å². The van der Waals surface area contributed by atoms with Gasteiger partial charge in [0.05, 0.1) is 23.6 Å². The highest BCUT2D eigenvalue weighted by atomic mass is 35.5. The van der Waals surface area contributed by atoms with Crippen LogP contribution < -0.4 is 10.1 Å². The first-order valence-corrected chi connectivity index (χ1v) is 11.8. The molecule has 168 valence electrons. The second kappa shape index (κ2) is 10.2. The Hall–Kier alpha value is -2.87. The number of hydrogen-bond donors (Lipinski definition) is 1. The molecule has 8 heteroatoms. The summed E-state index contributed by atoms with van der Waals surface area (Å²) in [7, 11) is -2.57. The Bertz CT molecular complexity index is 1210. The molecule has 32 heavy (non-hydrogen) atoms. The second-order valence-corrected chi connectivity index (χ2v) is 9.77. The van der Waals surface area contributed by atoms with Crippen molar-refractivity contribution in [3.8, 4) is 5.75 Å². The predicted molar refractivity (Wildman–Crippen MR) is 127 cm³/mol. The van der Waals surface area contributed by atoms with Gasteiger partial charge in [0.1, 0.15) is 5.75 Å². The van der Waals surface area contributed by atoms with Crippen LogP contribution in [0, 0.1) is 13.8 Å². The van der Waals surface area contributed by atoms with Crippen molar-refractivity contribution in [2.45, 2.75) is 25.3 Å². The average molecular weight is 473 g/mol. The van der Waals surface area contributed by atoms with Crippen LogP contribution in [-0.2, 0) is 21.4 Å². The van der Waals surface area contributed by atoms with E-state index in [-0.39, 0.29) is 23.0 Å². The number of hydrogen-bond acceptors (Lipinski definition) is 4. The molecule has 3 aromatic rings. The fourth-order valence-corrected chi connectivity index (χ4v) is 4.92. The van der Waals surface area contributed by atoms with Crippen molar-refractivity contribution in [3.63, 3.8) is 0 Å². The SMILES string of the molecule is COc1ccc(S(=O)(=O)N(CC(=O)Nc2cc(C)ccc2C)Cc2ccccc2)cc1Cl. The molecule has 0 saturated carbocycles. The van der Waals surface area contributed by atoms with E-state index in [9.17, 15) is 13.2 Å². The monoisotopic (exact) mass is 472 g/mol. The smallest absolute Gasteiger partial charge is 0.243 e. The molecule has 3 aromatic carbocycles. The Kier molecular flexibility index (Phi) is 7.56. The zero-order valence-corrected chi connectivity index (χ0v) is 19.7. The minimum atomic E-state index is -4.02. The fourth-order valence-electron chi connectivity index (χ4n) is 3.19. The van der Waals surface area contributed by atoms with Gasteiger partial charge in [-0.15, -0.1) is 0 Å². The van der Waals surface area contributed by atoms with E-state index in [1.165, 1.54) is 25.3 Å². The normalized spacial score (nSPS) is 11.4. The Labute approximate surface area is 193 Å². The molecule has 0 aliphatic rings. The minimum Gasteiger partial charge on any atom is -0.495 e. The molecule has 0 fully saturated rings. The minimum absolute atomic E-state index is 0.0150. The maximum absolute atomic E-state index is 13.4. The summed E-state index contributed by atoms with van der Waals surface area (Å²) in [5.41, 5.74) is 3.30. The number of nitrogens with zero attached hydrogens (tertiary/aromatic N) is 1. The summed E-state index contributed by atoms with van der Waals surface area (Å²) >= 11 is 6.16. The third kappa shape index (κ3) is 5.68. The van der Waals surface area contributed by atoms with Gasteiger partial charge in [-0.3, -0.25) is 4.79 Å².